The normalized spacial score (nSPS) is 11.9. The second-order valence-corrected chi connectivity index (χ2v) is 9.18. The van der Waals surface area contributed by atoms with Gasteiger partial charge in [-0.1, -0.05) is 38.1 Å². The van der Waals surface area contributed by atoms with Gasteiger partial charge in [0.2, 0.25) is 0 Å². The Hall–Kier alpha value is -0.933. The van der Waals surface area contributed by atoms with Gasteiger partial charge in [-0.05, 0) is 24.7 Å². The first-order valence-corrected chi connectivity index (χ1v) is 8.80. The minimum atomic E-state index is -2.05. The Morgan fingerprint density at radius 1 is 1.25 bits per heavy atom. The highest BCUT2D eigenvalue weighted by Crippen LogP contribution is 2.13. The Labute approximate surface area is 98.4 Å². The van der Waals surface area contributed by atoms with E-state index in [4.69, 9.17) is 0 Å². The lowest BCUT2D eigenvalue weighted by Crippen LogP contribution is -2.28. The lowest BCUT2D eigenvalue weighted by molar-refractivity contribution is 0.0939. The van der Waals surface area contributed by atoms with Crippen LogP contribution in [0.3, 0.4) is 0 Å². The first-order valence-electron chi connectivity index (χ1n) is 5.65. The molecule has 0 unspecified atom stereocenters. The number of carbonyl (C=O) groups is 1. The molecule has 2 nitrogen and oxygen atoms in total. The molecular weight excluding hydrogens is 216 g/mol. The van der Waals surface area contributed by atoms with Crippen molar-refractivity contribution in [1.82, 2.24) is 0 Å². The molecule has 16 heavy (non-hydrogen) atoms. The molecule has 0 amide bonds. The van der Waals surface area contributed by atoms with E-state index in [0.717, 1.165) is 17.2 Å². The molecule has 1 rings (SSSR count). The molecule has 1 aromatic rings. The molecule has 0 radical (unpaired) electrons. The van der Waals surface area contributed by atoms with Crippen LogP contribution in [0, 0.1) is 5.92 Å². The van der Waals surface area contributed by atoms with Gasteiger partial charge >= 0.3 is 0 Å². The third-order valence-electron chi connectivity index (χ3n) is 2.40. The van der Waals surface area contributed by atoms with E-state index in [-0.39, 0.29) is 11.7 Å². The lowest BCUT2D eigenvalue weighted by atomic mass is 10.0. The fraction of sp³-hybridized carbons (Fsp3) is 0.462. The van der Waals surface area contributed by atoms with Crippen LogP contribution in [-0.2, 0) is 6.04 Å². The molecule has 0 atom stereocenters. The SMILES string of the molecule is CC(C)C(=O)c1ccc(C[Si](C)(C)O)cc1. The average molecular weight is 236 g/mol. The van der Waals surface area contributed by atoms with Crippen LogP contribution in [0.15, 0.2) is 24.3 Å². The third kappa shape index (κ3) is 3.91. The van der Waals surface area contributed by atoms with Gasteiger partial charge in [0.1, 0.15) is 0 Å². The van der Waals surface area contributed by atoms with Crippen molar-refractivity contribution in [3.63, 3.8) is 0 Å². The highest BCUT2D eigenvalue weighted by molar-refractivity contribution is 6.69. The van der Waals surface area contributed by atoms with Crippen LogP contribution in [0.25, 0.3) is 0 Å². The third-order valence-corrected chi connectivity index (χ3v) is 3.67. The largest absolute Gasteiger partial charge is 0.432 e. The maximum Gasteiger partial charge on any atom is 0.186 e. The van der Waals surface area contributed by atoms with Crippen molar-refractivity contribution in [2.45, 2.75) is 33.0 Å². The standard InChI is InChI=1S/C13H20O2Si/c1-10(2)13(14)12-7-5-11(6-8-12)9-16(3,4)15/h5-8,10,15H,9H2,1-4H3. The molecular formula is C13H20O2Si. The Kier molecular flexibility index (Phi) is 4.05. The summed E-state index contributed by atoms with van der Waals surface area (Å²) in [6, 6.07) is 8.35. The van der Waals surface area contributed by atoms with Gasteiger partial charge in [-0.25, -0.2) is 0 Å². The maximum atomic E-state index is 11.7. The van der Waals surface area contributed by atoms with Crippen LogP contribution in [0.5, 0.6) is 0 Å². The van der Waals surface area contributed by atoms with Gasteiger partial charge in [-0.2, -0.15) is 0 Å². The summed E-state index contributed by atoms with van der Waals surface area (Å²) in [6.07, 6.45) is 0. The van der Waals surface area contributed by atoms with Crippen LogP contribution in [0.1, 0.15) is 29.8 Å². The summed E-state index contributed by atoms with van der Waals surface area (Å²) in [7, 11) is -2.05. The van der Waals surface area contributed by atoms with Crippen molar-refractivity contribution in [3.05, 3.63) is 35.4 Å². The zero-order chi connectivity index (χ0) is 12.3. The highest BCUT2D eigenvalue weighted by Gasteiger charge is 2.17. The molecule has 0 aliphatic carbocycles. The molecule has 88 valence electrons. The van der Waals surface area contributed by atoms with E-state index in [0.29, 0.717) is 0 Å². The van der Waals surface area contributed by atoms with Crippen LogP contribution in [0.2, 0.25) is 13.1 Å². The summed E-state index contributed by atoms with van der Waals surface area (Å²) < 4.78 is 0. The van der Waals surface area contributed by atoms with Gasteiger partial charge in [-0.3, -0.25) is 4.79 Å². The quantitative estimate of drug-likeness (QED) is 0.645. The van der Waals surface area contributed by atoms with E-state index in [1.807, 2.05) is 51.2 Å². The van der Waals surface area contributed by atoms with Crippen molar-refractivity contribution < 1.29 is 9.59 Å². The number of ketones is 1. The minimum absolute atomic E-state index is 0.0366. The highest BCUT2D eigenvalue weighted by atomic mass is 28.4. The van der Waals surface area contributed by atoms with Gasteiger partial charge in [0, 0.05) is 11.5 Å². The van der Waals surface area contributed by atoms with Gasteiger partial charge in [0.15, 0.2) is 14.1 Å². The summed E-state index contributed by atoms with van der Waals surface area (Å²) in [4.78, 5) is 21.5. The predicted octanol–water partition coefficient (Wildman–Crippen LogP) is 2.80. The van der Waals surface area contributed by atoms with E-state index in [2.05, 4.69) is 0 Å². The molecule has 0 aliphatic rings. The zero-order valence-corrected chi connectivity index (χ0v) is 11.4. The monoisotopic (exact) mass is 236 g/mol. The van der Waals surface area contributed by atoms with E-state index >= 15 is 0 Å². The first-order chi connectivity index (χ1) is 7.29. The van der Waals surface area contributed by atoms with Gasteiger partial charge in [0.05, 0.1) is 0 Å². The molecule has 1 N–H and O–H groups in total. The molecule has 3 heteroatoms. The first kappa shape index (κ1) is 13.1. The fourth-order valence-corrected chi connectivity index (χ4v) is 2.85. The van der Waals surface area contributed by atoms with Crippen molar-refractivity contribution in [1.29, 1.82) is 0 Å². The topological polar surface area (TPSA) is 37.3 Å². The number of Topliss-reactive ketones (excluding diaryl/α,β-unsaturated/α-hetero) is 1. The molecule has 0 bridgehead atoms. The minimum Gasteiger partial charge on any atom is -0.432 e. The molecule has 0 saturated heterocycles. The van der Waals surface area contributed by atoms with Gasteiger partial charge in [0.25, 0.3) is 0 Å². The lowest BCUT2D eigenvalue weighted by Gasteiger charge is -2.14. The fourth-order valence-electron chi connectivity index (χ4n) is 1.62. The molecule has 0 spiro atoms. The van der Waals surface area contributed by atoms with Crippen molar-refractivity contribution in [3.8, 4) is 0 Å². The molecule has 0 saturated carbocycles. The summed E-state index contributed by atoms with van der Waals surface area (Å²) in [5.74, 6) is 0.210. The van der Waals surface area contributed by atoms with Crippen molar-refractivity contribution in [2.24, 2.45) is 5.92 Å². The van der Waals surface area contributed by atoms with Crippen molar-refractivity contribution in [2.75, 3.05) is 0 Å². The van der Waals surface area contributed by atoms with Crippen LogP contribution in [-0.4, -0.2) is 18.9 Å². The summed E-state index contributed by atoms with van der Waals surface area (Å²) in [6.45, 7) is 7.64. The smallest absolute Gasteiger partial charge is 0.186 e. The molecule has 0 heterocycles. The zero-order valence-electron chi connectivity index (χ0n) is 10.4. The summed E-state index contributed by atoms with van der Waals surface area (Å²) in [5, 5.41) is 0. The second-order valence-electron chi connectivity index (χ2n) is 5.21. The Balaban J connectivity index is 2.80. The number of hydrogen-bond acceptors (Lipinski definition) is 2. The maximum absolute atomic E-state index is 11.7. The molecule has 0 aliphatic heterocycles. The van der Waals surface area contributed by atoms with E-state index in [1.54, 1.807) is 0 Å². The molecule has 0 fully saturated rings. The molecule has 0 aromatic heterocycles. The van der Waals surface area contributed by atoms with Gasteiger partial charge < -0.3 is 4.80 Å². The Morgan fingerprint density at radius 2 is 1.75 bits per heavy atom. The molecule has 1 aromatic carbocycles. The van der Waals surface area contributed by atoms with E-state index in [9.17, 15) is 9.59 Å². The van der Waals surface area contributed by atoms with E-state index in [1.165, 1.54) is 0 Å². The van der Waals surface area contributed by atoms with E-state index < -0.39 is 8.32 Å². The summed E-state index contributed by atoms with van der Waals surface area (Å²) in [5.41, 5.74) is 1.87. The van der Waals surface area contributed by atoms with Crippen molar-refractivity contribution >= 4 is 14.1 Å². The van der Waals surface area contributed by atoms with Crippen LogP contribution < -0.4 is 0 Å². The Morgan fingerprint density at radius 3 is 2.12 bits per heavy atom. The number of rotatable bonds is 4. The predicted molar refractivity (Wildman–Crippen MR) is 69.0 cm³/mol. The average Bonchev–Trinajstić information content (AvgIpc) is 2.15. The Bertz CT molecular complexity index is 361. The van der Waals surface area contributed by atoms with Crippen LogP contribution >= 0.6 is 0 Å². The van der Waals surface area contributed by atoms with Gasteiger partial charge in [-0.15, -0.1) is 0 Å². The number of carbonyl (C=O) groups excluding carboxylic acids is 1. The number of hydrogen-bond donors (Lipinski definition) is 1. The second kappa shape index (κ2) is 4.93. The van der Waals surface area contributed by atoms with Crippen LogP contribution in [0.4, 0.5) is 0 Å². The summed E-state index contributed by atoms with van der Waals surface area (Å²) >= 11 is 0. The number of benzene rings is 1.